The van der Waals surface area contributed by atoms with Crippen LogP contribution < -0.4 is 0 Å². The lowest BCUT2D eigenvalue weighted by atomic mass is 10.1. The molecule has 26 heavy (non-hydrogen) atoms. The summed E-state index contributed by atoms with van der Waals surface area (Å²) in [6.07, 6.45) is 7.90. The molecule has 4 nitrogen and oxygen atoms in total. The predicted octanol–water partition coefficient (Wildman–Crippen LogP) is 4.99. The third-order valence-corrected chi connectivity index (χ3v) is 5.00. The highest BCUT2D eigenvalue weighted by molar-refractivity contribution is 6.31. The lowest BCUT2D eigenvalue weighted by Gasteiger charge is -2.23. The number of esters is 1. The zero-order chi connectivity index (χ0) is 18.9. The second kappa shape index (κ2) is 10.5. The van der Waals surface area contributed by atoms with Crippen LogP contribution in [-0.2, 0) is 9.53 Å². The smallest absolute Gasteiger partial charge is 0.328 e. The maximum atomic E-state index is 14.1. The molecular weight excluding hydrogens is 357 g/mol. The Labute approximate surface area is 159 Å². The van der Waals surface area contributed by atoms with Crippen molar-refractivity contribution in [3.63, 3.8) is 0 Å². The highest BCUT2D eigenvalue weighted by Crippen LogP contribution is 2.25. The minimum atomic E-state index is -0.745. The summed E-state index contributed by atoms with van der Waals surface area (Å²) >= 11 is 5.76. The first-order chi connectivity index (χ1) is 12.6. The van der Waals surface area contributed by atoms with Crippen molar-refractivity contribution in [1.29, 1.82) is 0 Å². The lowest BCUT2D eigenvalue weighted by Crippen LogP contribution is -2.41. The van der Waals surface area contributed by atoms with Crippen LogP contribution in [0.5, 0.6) is 0 Å². The molecule has 1 aliphatic rings. The summed E-state index contributed by atoms with van der Waals surface area (Å²) in [6, 6.07) is 3.67. The van der Waals surface area contributed by atoms with Crippen LogP contribution in [0.2, 0.25) is 5.02 Å². The van der Waals surface area contributed by atoms with Gasteiger partial charge in [0.05, 0.1) is 17.2 Å². The quantitative estimate of drug-likeness (QED) is 0.446. The Kier molecular flexibility index (Phi) is 8.36. The molecule has 0 aliphatic carbocycles. The van der Waals surface area contributed by atoms with Gasteiger partial charge in [0.15, 0.2) is 5.82 Å². The fourth-order valence-corrected chi connectivity index (χ4v) is 3.40. The Bertz CT molecular complexity index is 623. The van der Waals surface area contributed by atoms with Gasteiger partial charge in [-0.2, -0.15) is 0 Å². The van der Waals surface area contributed by atoms with E-state index in [9.17, 15) is 14.0 Å². The van der Waals surface area contributed by atoms with Gasteiger partial charge in [-0.3, -0.25) is 4.79 Å². The van der Waals surface area contributed by atoms with E-state index in [1.54, 1.807) is 0 Å². The van der Waals surface area contributed by atoms with Gasteiger partial charge < -0.3 is 9.64 Å². The number of hydrogen-bond acceptors (Lipinski definition) is 3. The number of nitrogens with zero attached hydrogens (tertiary/aromatic N) is 1. The number of amides is 1. The second-order valence-electron chi connectivity index (χ2n) is 6.69. The van der Waals surface area contributed by atoms with Gasteiger partial charge in [-0.15, -0.1) is 0 Å². The van der Waals surface area contributed by atoms with Crippen LogP contribution in [0.25, 0.3) is 0 Å². The molecule has 144 valence electrons. The van der Waals surface area contributed by atoms with Gasteiger partial charge >= 0.3 is 5.97 Å². The third-order valence-electron chi connectivity index (χ3n) is 4.71. The molecule has 2 rings (SSSR count). The molecule has 0 bridgehead atoms. The molecule has 1 saturated heterocycles. The van der Waals surface area contributed by atoms with Crippen LogP contribution >= 0.6 is 11.6 Å². The summed E-state index contributed by atoms with van der Waals surface area (Å²) in [5, 5.41) is -0.0998. The fraction of sp³-hybridized carbons (Fsp3) is 0.600. The summed E-state index contributed by atoms with van der Waals surface area (Å²) in [5.41, 5.74) is -0.104. The maximum Gasteiger partial charge on any atom is 0.328 e. The van der Waals surface area contributed by atoms with Gasteiger partial charge in [0.25, 0.3) is 5.91 Å². The summed E-state index contributed by atoms with van der Waals surface area (Å²) in [6.45, 7) is 2.96. The first-order valence-corrected chi connectivity index (χ1v) is 9.85. The molecule has 1 unspecified atom stereocenters. The Balaban J connectivity index is 1.86. The fourth-order valence-electron chi connectivity index (χ4n) is 3.23. The van der Waals surface area contributed by atoms with Crippen LogP contribution in [0.1, 0.15) is 68.6 Å². The first-order valence-electron chi connectivity index (χ1n) is 9.48. The van der Waals surface area contributed by atoms with Crippen LogP contribution in [0, 0.1) is 5.82 Å². The lowest BCUT2D eigenvalue weighted by molar-refractivity contribution is -0.148. The van der Waals surface area contributed by atoms with Gasteiger partial charge in [-0.05, 0) is 31.4 Å². The number of rotatable bonds is 9. The molecule has 1 aliphatic heterocycles. The zero-order valence-electron chi connectivity index (χ0n) is 15.3. The van der Waals surface area contributed by atoms with E-state index in [0.29, 0.717) is 26.0 Å². The number of halogens is 2. The van der Waals surface area contributed by atoms with Crippen molar-refractivity contribution in [3.05, 3.63) is 34.6 Å². The van der Waals surface area contributed by atoms with E-state index in [4.69, 9.17) is 16.3 Å². The minimum Gasteiger partial charge on any atom is -0.464 e. The number of carbonyl (C=O) groups excluding carboxylic acids is 2. The number of likely N-dealkylation sites (tertiary alicyclic amines) is 1. The Morgan fingerprint density at radius 1 is 1.23 bits per heavy atom. The standard InChI is InChI=1S/C20H27ClFNO3/c1-2-3-4-5-6-7-14-26-20(25)17-12-9-13-23(17)19(24)15-10-8-11-16(21)18(15)22/h8,10-11,17H,2-7,9,12-14H2,1H3. The monoisotopic (exact) mass is 383 g/mol. The average molecular weight is 384 g/mol. The van der Waals surface area contributed by atoms with Gasteiger partial charge in [0, 0.05) is 6.54 Å². The van der Waals surface area contributed by atoms with Gasteiger partial charge in [-0.25, -0.2) is 9.18 Å². The van der Waals surface area contributed by atoms with E-state index >= 15 is 0 Å². The summed E-state index contributed by atoms with van der Waals surface area (Å²) in [4.78, 5) is 26.4. The van der Waals surface area contributed by atoms with E-state index in [1.165, 1.54) is 42.4 Å². The predicted molar refractivity (Wildman–Crippen MR) is 99.8 cm³/mol. The molecule has 1 aromatic carbocycles. The van der Waals surface area contributed by atoms with E-state index in [-0.39, 0.29) is 10.6 Å². The van der Waals surface area contributed by atoms with E-state index in [1.807, 2.05) is 0 Å². The molecule has 0 aromatic heterocycles. The minimum absolute atomic E-state index is 0.0998. The van der Waals surface area contributed by atoms with Crippen molar-refractivity contribution in [3.8, 4) is 0 Å². The van der Waals surface area contributed by atoms with Gasteiger partial charge in [0.2, 0.25) is 0 Å². The van der Waals surface area contributed by atoms with E-state index in [0.717, 1.165) is 19.3 Å². The number of carbonyl (C=O) groups is 2. The van der Waals surface area contributed by atoms with Gasteiger partial charge in [-0.1, -0.05) is 56.7 Å². The van der Waals surface area contributed by atoms with Crippen molar-refractivity contribution < 1.29 is 18.7 Å². The molecule has 1 amide bonds. The molecule has 0 saturated carbocycles. The molecule has 6 heteroatoms. The Hall–Kier alpha value is -1.62. The molecule has 0 N–H and O–H groups in total. The van der Waals surface area contributed by atoms with Crippen LogP contribution in [0.15, 0.2) is 18.2 Å². The summed E-state index contributed by atoms with van der Waals surface area (Å²) < 4.78 is 19.5. The molecule has 1 heterocycles. The van der Waals surface area contributed by atoms with Crippen LogP contribution in [-0.4, -0.2) is 36.0 Å². The molecule has 1 aromatic rings. The SMILES string of the molecule is CCCCCCCCOC(=O)C1CCCN1C(=O)c1cccc(Cl)c1F. The summed E-state index contributed by atoms with van der Waals surface area (Å²) in [7, 11) is 0. The van der Waals surface area contributed by atoms with E-state index in [2.05, 4.69) is 6.92 Å². The van der Waals surface area contributed by atoms with Crippen LogP contribution in [0.4, 0.5) is 4.39 Å². The Morgan fingerprint density at radius 3 is 2.73 bits per heavy atom. The highest BCUT2D eigenvalue weighted by Gasteiger charge is 2.36. The Morgan fingerprint density at radius 2 is 1.96 bits per heavy atom. The normalized spacial score (nSPS) is 16.7. The number of unbranched alkanes of at least 4 members (excludes halogenated alkanes) is 5. The topological polar surface area (TPSA) is 46.6 Å². The molecule has 0 spiro atoms. The number of benzene rings is 1. The summed E-state index contributed by atoms with van der Waals surface area (Å²) in [5.74, 6) is -1.65. The zero-order valence-corrected chi connectivity index (χ0v) is 16.1. The van der Waals surface area contributed by atoms with Crippen molar-refractivity contribution >= 4 is 23.5 Å². The van der Waals surface area contributed by atoms with Crippen molar-refractivity contribution in [1.82, 2.24) is 4.90 Å². The first kappa shape index (κ1) is 20.7. The van der Waals surface area contributed by atoms with Crippen LogP contribution in [0.3, 0.4) is 0 Å². The number of ether oxygens (including phenoxy) is 1. The molecule has 1 atom stereocenters. The third kappa shape index (κ3) is 5.44. The molecule has 0 radical (unpaired) electrons. The largest absolute Gasteiger partial charge is 0.464 e. The average Bonchev–Trinajstić information content (AvgIpc) is 3.12. The maximum absolute atomic E-state index is 14.1. The van der Waals surface area contributed by atoms with E-state index < -0.39 is 23.7 Å². The van der Waals surface area contributed by atoms with Crippen molar-refractivity contribution in [2.75, 3.05) is 13.2 Å². The number of hydrogen-bond donors (Lipinski definition) is 0. The molecular formula is C20H27ClFNO3. The molecule has 1 fully saturated rings. The highest BCUT2D eigenvalue weighted by atomic mass is 35.5. The van der Waals surface area contributed by atoms with Gasteiger partial charge in [0.1, 0.15) is 6.04 Å². The van der Waals surface area contributed by atoms with Crippen molar-refractivity contribution in [2.45, 2.75) is 64.3 Å². The second-order valence-corrected chi connectivity index (χ2v) is 7.10. The van der Waals surface area contributed by atoms with Crippen molar-refractivity contribution in [2.24, 2.45) is 0 Å².